The molecule has 0 aromatic carbocycles. The highest BCUT2D eigenvalue weighted by atomic mass is 32.2. The number of rotatable bonds is 5. The predicted molar refractivity (Wildman–Crippen MR) is 94.5 cm³/mol. The van der Waals surface area contributed by atoms with Crippen molar-refractivity contribution in [2.24, 2.45) is 0 Å². The molecule has 21 heavy (non-hydrogen) atoms. The number of nitrogens with one attached hydrogen (secondary N) is 1. The van der Waals surface area contributed by atoms with Gasteiger partial charge in [-0.3, -0.25) is 0 Å². The highest BCUT2D eigenvalue weighted by molar-refractivity contribution is 8.01. The van der Waals surface area contributed by atoms with Crippen molar-refractivity contribution in [2.75, 3.05) is 19.6 Å². The van der Waals surface area contributed by atoms with E-state index in [0.717, 1.165) is 17.8 Å². The van der Waals surface area contributed by atoms with Crippen LogP contribution in [0.4, 0.5) is 0 Å². The molecular formula is C17H28N2S2. The van der Waals surface area contributed by atoms with Crippen LogP contribution in [0.2, 0.25) is 0 Å². The first-order chi connectivity index (χ1) is 10.2. The Balaban J connectivity index is 1.44. The smallest absolute Gasteiger partial charge is 0.0649 e. The Bertz CT molecular complexity index is 446. The molecule has 2 nitrogen and oxygen atoms in total. The molecule has 1 aromatic rings. The van der Waals surface area contributed by atoms with Crippen LogP contribution in [0.5, 0.6) is 0 Å². The molecule has 0 aliphatic carbocycles. The number of fused-ring (bicyclic) bond motifs is 1. The second-order valence-corrected chi connectivity index (χ2v) is 9.19. The van der Waals surface area contributed by atoms with Crippen molar-refractivity contribution in [1.29, 1.82) is 0 Å². The van der Waals surface area contributed by atoms with Gasteiger partial charge in [-0.1, -0.05) is 13.3 Å². The summed E-state index contributed by atoms with van der Waals surface area (Å²) in [5, 5.41) is 6.81. The molecule has 3 heterocycles. The monoisotopic (exact) mass is 324 g/mol. The zero-order valence-corrected chi connectivity index (χ0v) is 14.9. The third-order valence-electron chi connectivity index (χ3n) is 4.86. The van der Waals surface area contributed by atoms with E-state index in [2.05, 4.69) is 47.3 Å². The minimum atomic E-state index is 0.585. The van der Waals surface area contributed by atoms with Gasteiger partial charge in [-0.15, -0.1) is 23.1 Å². The fraction of sp³-hybridized carbons (Fsp3) is 0.765. The number of hydrogen-bond acceptors (Lipinski definition) is 4. The molecule has 2 unspecified atom stereocenters. The van der Waals surface area contributed by atoms with Gasteiger partial charge in [-0.2, -0.15) is 0 Å². The van der Waals surface area contributed by atoms with Crippen LogP contribution in [0.15, 0.2) is 15.7 Å². The Labute approximate surface area is 137 Å². The van der Waals surface area contributed by atoms with Crippen LogP contribution >= 0.6 is 23.1 Å². The summed E-state index contributed by atoms with van der Waals surface area (Å²) in [7, 11) is 0. The maximum atomic E-state index is 3.82. The Morgan fingerprint density at radius 1 is 1.33 bits per heavy atom. The molecule has 0 amide bonds. The first kappa shape index (κ1) is 15.9. The highest BCUT2D eigenvalue weighted by Crippen LogP contribution is 2.43. The van der Waals surface area contributed by atoms with E-state index in [9.17, 15) is 0 Å². The SMILES string of the molecule is CC1CCCCN1CCCNC1C[C@H](C)Sc2sccc21. The summed E-state index contributed by atoms with van der Waals surface area (Å²) >= 11 is 3.96. The van der Waals surface area contributed by atoms with Crippen molar-refractivity contribution in [2.45, 2.75) is 67.5 Å². The lowest BCUT2D eigenvalue weighted by atomic mass is 10.0. The second kappa shape index (κ2) is 7.49. The number of nitrogens with zero attached hydrogens (tertiary/aromatic N) is 1. The number of thiophene rings is 1. The average molecular weight is 325 g/mol. The minimum Gasteiger partial charge on any atom is -0.310 e. The van der Waals surface area contributed by atoms with Gasteiger partial charge in [-0.25, -0.2) is 0 Å². The van der Waals surface area contributed by atoms with Crippen molar-refractivity contribution in [1.82, 2.24) is 10.2 Å². The molecular weight excluding hydrogens is 296 g/mol. The van der Waals surface area contributed by atoms with Crippen molar-refractivity contribution in [3.8, 4) is 0 Å². The van der Waals surface area contributed by atoms with E-state index < -0.39 is 0 Å². The third-order valence-corrected chi connectivity index (χ3v) is 7.21. The first-order valence-corrected chi connectivity index (χ1v) is 10.2. The second-order valence-electron chi connectivity index (χ2n) is 6.57. The molecule has 1 saturated heterocycles. The number of piperidine rings is 1. The molecule has 0 bridgehead atoms. The first-order valence-electron chi connectivity index (χ1n) is 8.45. The Kier molecular flexibility index (Phi) is 5.66. The lowest BCUT2D eigenvalue weighted by molar-refractivity contribution is 0.158. The highest BCUT2D eigenvalue weighted by Gasteiger charge is 2.25. The standard InChI is InChI=1S/C17H28N2S2/c1-13-6-3-4-9-19(13)10-5-8-18-16-12-14(2)21-17-15(16)7-11-20-17/h7,11,13-14,16,18H,3-6,8-10,12H2,1-2H3/t13?,14-,16?/m0/s1. The number of likely N-dealkylation sites (tertiary alicyclic amines) is 1. The molecule has 1 aromatic heterocycles. The molecule has 2 aliphatic heterocycles. The lowest BCUT2D eigenvalue weighted by Crippen LogP contribution is -2.39. The van der Waals surface area contributed by atoms with Crippen LogP contribution in [0, 0.1) is 0 Å². The van der Waals surface area contributed by atoms with E-state index in [4.69, 9.17) is 0 Å². The summed E-state index contributed by atoms with van der Waals surface area (Å²) in [6.07, 6.45) is 6.77. The van der Waals surface area contributed by atoms with Crippen molar-refractivity contribution in [3.63, 3.8) is 0 Å². The largest absolute Gasteiger partial charge is 0.310 e. The topological polar surface area (TPSA) is 15.3 Å². The summed E-state index contributed by atoms with van der Waals surface area (Å²) < 4.78 is 1.54. The number of thioether (sulfide) groups is 1. The zero-order chi connectivity index (χ0) is 14.7. The molecule has 0 radical (unpaired) electrons. The molecule has 1 N–H and O–H groups in total. The molecule has 0 spiro atoms. The van der Waals surface area contributed by atoms with Crippen molar-refractivity contribution < 1.29 is 0 Å². The van der Waals surface area contributed by atoms with Crippen molar-refractivity contribution in [3.05, 3.63) is 17.0 Å². The molecule has 2 aliphatic rings. The van der Waals surface area contributed by atoms with E-state index in [1.165, 1.54) is 49.4 Å². The summed E-state index contributed by atoms with van der Waals surface area (Å²) in [5.41, 5.74) is 1.55. The van der Waals surface area contributed by atoms with Crippen LogP contribution in [-0.2, 0) is 0 Å². The summed E-state index contributed by atoms with van der Waals surface area (Å²) in [6.45, 7) is 8.48. The molecule has 3 atom stereocenters. The average Bonchev–Trinajstić information content (AvgIpc) is 2.93. The maximum absolute atomic E-state index is 3.82. The van der Waals surface area contributed by atoms with Crippen LogP contribution in [0.1, 0.15) is 57.6 Å². The maximum Gasteiger partial charge on any atom is 0.0649 e. The van der Waals surface area contributed by atoms with E-state index in [1.807, 2.05) is 11.3 Å². The summed E-state index contributed by atoms with van der Waals surface area (Å²) in [6, 6.07) is 3.71. The molecule has 0 saturated carbocycles. The van der Waals surface area contributed by atoms with Gasteiger partial charge in [0.05, 0.1) is 4.21 Å². The van der Waals surface area contributed by atoms with Gasteiger partial charge in [0.15, 0.2) is 0 Å². The molecule has 3 rings (SSSR count). The van der Waals surface area contributed by atoms with Gasteiger partial charge in [0.2, 0.25) is 0 Å². The van der Waals surface area contributed by atoms with Crippen molar-refractivity contribution >= 4 is 23.1 Å². The predicted octanol–water partition coefficient (Wildman–Crippen LogP) is 4.53. The Morgan fingerprint density at radius 2 is 2.24 bits per heavy atom. The van der Waals surface area contributed by atoms with Gasteiger partial charge in [0.1, 0.15) is 0 Å². The van der Waals surface area contributed by atoms with E-state index in [1.54, 1.807) is 5.56 Å². The molecule has 1 fully saturated rings. The van der Waals surface area contributed by atoms with E-state index in [-0.39, 0.29) is 0 Å². The van der Waals surface area contributed by atoms with Gasteiger partial charge in [-0.05, 0) is 69.3 Å². The Hall–Kier alpha value is -0.0300. The molecule has 4 heteroatoms. The lowest BCUT2D eigenvalue weighted by Gasteiger charge is -2.33. The van der Waals surface area contributed by atoms with Crippen LogP contribution < -0.4 is 5.32 Å². The quantitative estimate of drug-likeness (QED) is 0.801. The van der Waals surface area contributed by atoms with Gasteiger partial charge >= 0.3 is 0 Å². The van der Waals surface area contributed by atoms with Crippen LogP contribution in [-0.4, -0.2) is 35.8 Å². The zero-order valence-electron chi connectivity index (χ0n) is 13.3. The number of hydrogen-bond donors (Lipinski definition) is 1. The van der Waals surface area contributed by atoms with E-state index >= 15 is 0 Å². The van der Waals surface area contributed by atoms with Crippen LogP contribution in [0.25, 0.3) is 0 Å². The minimum absolute atomic E-state index is 0.585. The van der Waals surface area contributed by atoms with Gasteiger partial charge in [0, 0.05) is 17.3 Å². The van der Waals surface area contributed by atoms with Gasteiger partial charge < -0.3 is 10.2 Å². The molecule has 118 valence electrons. The third kappa shape index (κ3) is 4.04. The fourth-order valence-electron chi connectivity index (χ4n) is 3.59. The summed E-state index contributed by atoms with van der Waals surface area (Å²) in [4.78, 5) is 2.68. The summed E-state index contributed by atoms with van der Waals surface area (Å²) in [5.74, 6) is 0. The van der Waals surface area contributed by atoms with Crippen LogP contribution in [0.3, 0.4) is 0 Å². The Morgan fingerprint density at radius 3 is 3.10 bits per heavy atom. The fourth-order valence-corrected chi connectivity index (χ4v) is 6.16. The van der Waals surface area contributed by atoms with E-state index in [0.29, 0.717) is 6.04 Å². The van der Waals surface area contributed by atoms with Gasteiger partial charge in [0.25, 0.3) is 0 Å². The normalized spacial score (nSPS) is 30.3.